The molecule has 0 radical (unpaired) electrons. The quantitative estimate of drug-likeness (QED) is 0.633. The first-order valence-corrected chi connectivity index (χ1v) is 11.1. The molecule has 1 fully saturated rings. The van der Waals surface area contributed by atoms with Crippen LogP contribution in [0.4, 0.5) is 4.39 Å². The van der Waals surface area contributed by atoms with Gasteiger partial charge in [-0.25, -0.2) is 4.39 Å². The zero-order valence-corrected chi connectivity index (χ0v) is 18.8. The number of nitrogens with one attached hydrogen (secondary N) is 1. The van der Waals surface area contributed by atoms with Gasteiger partial charge >= 0.3 is 0 Å². The number of halogens is 1. The highest BCUT2D eigenvalue weighted by atomic mass is 19.1. The Morgan fingerprint density at radius 2 is 2.06 bits per heavy atom. The van der Waals surface area contributed by atoms with Gasteiger partial charge in [0.1, 0.15) is 5.82 Å². The fraction of sp³-hybridized carbons (Fsp3) is 0.500. The summed E-state index contributed by atoms with van der Waals surface area (Å²) in [5.74, 6) is -1.19. The van der Waals surface area contributed by atoms with E-state index in [0.717, 1.165) is 18.7 Å². The Kier molecular flexibility index (Phi) is 6.46. The standard InChI is InChI=1S/C24H31FN4O3/c1-27(2)11-5-10-26-23(31)21-18(14-30)20-13-29-19(22(21)28(20)3)9-8-17(24(29)32)15-6-4-7-16(25)12-15/h4,6-9,12,18,20-22,30H,5,10-11,13-14H2,1-3H3,(H,26,31)/t18-,20-,21+,22+/m1/s1. The smallest absolute Gasteiger partial charge is 0.258 e. The molecule has 32 heavy (non-hydrogen) atoms. The number of aliphatic hydroxyl groups excluding tert-OH is 1. The zero-order valence-electron chi connectivity index (χ0n) is 18.8. The largest absolute Gasteiger partial charge is 0.396 e. The van der Waals surface area contributed by atoms with Crippen LogP contribution in [-0.4, -0.2) is 72.3 Å². The summed E-state index contributed by atoms with van der Waals surface area (Å²) in [5, 5.41) is 13.2. The number of aromatic nitrogens is 1. The molecule has 0 saturated carbocycles. The lowest BCUT2D eigenvalue weighted by Gasteiger charge is -2.35. The van der Waals surface area contributed by atoms with Crippen molar-refractivity contribution < 1.29 is 14.3 Å². The van der Waals surface area contributed by atoms with Gasteiger partial charge < -0.3 is 19.9 Å². The minimum atomic E-state index is -0.442. The van der Waals surface area contributed by atoms with Gasteiger partial charge in [-0.3, -0.25) is 14.5 Å². The molecule has 2 bridgehead atoms. The van der Waals surface area contributed by atoms with E-state index in [2.05, 4.69) is 15.1 Å². The van der Waals surface area contributed by atoms with Crippen LogP contribution in [0.15, 0.2) is 41.2 Å². The summed E-state index contributed by atoms with van der Waals surface area (Å²) >= 11 is 0. The van der Waals surface area contributed by atoms with Crippen molar-refractivity contribution in [3.05, 3.63) is 58.3 Å². The molecule has 1 aromatic heterocycles. The first-order valence-electron chi connectivity index (χ1n) is 11.1. The van der Waals surface area contributed by atoms with E-state index in [1.54, 1.807) is 22.8 Å². The number of carbonyl (C=O) groups excluding carboxylic acids is 1. The van der Waals surface area contributed by atoms with Gasteiger partial charge in [0.2, 0.25) is 5.91 Å². The number of aliphatic hydroxyl groups is 1. The summed E-state index contributed by atoms with van der Waals surface area (Å²) in [4.78, 5) is 30.7. The Morgan fingerprint density at radius 3 is 2.75 bits per heavy atom. The summed E-state index contributed by atoms with van der Waals surface area (Å²) in [6.45, 7) is 1.71. The lowest BCUT2D eigenvalue weighted by Crippen LogP contribution is -2.44. The van der Waals surface area contributed by atoms with E-state index in [9.17, 15) is 19.1 Å². The first-order chi connectivity index (χ1) is 15.3. The van der Waals surface area contributed by atoms with Crippen LogP contribution in [0.25, 0.3) is 11.1 Å². The van der Waals surface area contributed by atoms with Crippen LogP contribution in [-0.2, 0) is 11.3 Å². The zero-order chi connectivity index (χ0) is 23.0. The Hall–Kier alpha value is -2.55. The number of rotatable bonds is 7. The minimum Gasteiger partial charge on any atom is -0.396 e. The number of hydrogen-bond donors (Lipinski definition) is 2. The molecule has 8 heteroatoms. The first kappa shape index (κ1) is 22.6. The second kappa shape index (κ2) is 9.13. The molecule has 172 valence electrons. The topological polar surface area (TPSA) is 77.8 Å². The molecule has 2 aliphatic heterocycles. The molecule has 4 atom stereocenters. The van der Waals surface area contributed by atoms with E-state index >= 15 is 0 Å². The van der Waals surface area contributed by atoms with E-state index in [0.29, 0.717) is 24.2 Å². The van der Waals surface area contributed by atoms with Crippen molar-refractivity contribution in [3.8, 4) is 11.1 Å². The molecule has 1 aromatic carbocycles. The van der Waals surface area contributed by atoms with Gasteiger partial charge in [0.25, 0.3) is 5.56 Å². The molecular weight excluding hydrogens is 411 g/mol. The third kappa shape index (κ3) is 3.98. The molecule has 2 N–H and O–H groups in total. The molecule has 0 aliphatic carbocycles. The number of benzene rings is 1. The molecule has 1 saturated heterocycles. The fourth-order valence-electron chi connectivity index (χ4n) is 5.29. The van der Waals surface area contributed by atoms with Crippen LogP contribution in [0.3, 0.4) is 0 Å². The molecule has 7 nitrogen and oxygen atoms in total. The van der Waals surface area contributed by atoms with E-state index in [1.165, 1.54) is 12.1 Å². The second-order valence-electron chi connectivity index (χ2n) is 9.10. The summed E-state index contributed by atoms with van der Waals surface area (Å²) < 4.78 is 15.4. The van der Waals surface area contributed by atoms with E-state index in [1.807, 2.05) is 27.2 Å². The predicted octanol–water partition coefficient (Wildman–Crippen LogP) is 1.32. The number of carbonyl (C=O) groups is 1. The van der Waals surface area contributed by atoms with Crippen LogP contribution in [0.5, 0.6) is 0 Å². The van der Waals surface area contributed by atoms with Crippen molar-refractivity contribution in [3.63, 3.8) is 0 Å². The molecule has 4 rings (SSSR count). The average molecular weight is 443 g/mol. The van der Waals surface area contributed by atoms with Crippen molar-refractivity contribution in [2.75, 3.05) is 40.8 Å². The highest BCUT2D eigenvalue weighted by Gasteiger charge is 2.54. The van der Waals surface area contributed by atoms with Crippen molar-refractivity contribution in [1.82, 2.24) is 19.7 Å². The maximum atomic E-state index is 13.7. The number of amides is 1. The van der Waals surface area contributed by atoms with Gasteiger partial charge in [0.15, 0.2) is 0 Å². The normalized spacial score (nSPS) is 24.6. The highest BCUT2D eigenvalue weighted by Crippen LogP contribution is 2.47. The molecule has 0 unspecified atom stereocenters. The lowest BCUT2D eigenvalue weighted by atomic mass is 9.86. The molecule has 2 aliphatic rings. The number of fused-ring (bicyclic) bond motifs is 4. The third-order valence-electron chi connectivity index (χ3n) is 6.87. The van der Waals surface area contributed by atoms with Gasteiger partial charge in [-0.05, 0) is 63.9 Å². The van der Waals surface area contributed by atoms with Crippen molar-refractivity contribution in [1.29, 1.82) is 0 Å². The molecular formula is C24H31FN4O3. The van der Waals surface area contributed by atoms with Gasteiger partial charge in [-0.1, -0.05) is 12.1 Å². The van der Waals surface area contributed by atoms with E-state index < -0.39 is 11.7 Å². The SMILES string of the molecule is CN(C)CCCNC(=O)[C@H]1[C@H](CO)[C@H]2Cn3c(ccc(-c4cccc(F)c4)c3=O)[C@@H]1N2C. The molecule has 2 aromatic rings. The Morgan fingerprint density at radius 1 is 1.28 bits per heavy atom. The van der Waals surface area contributed by atoms with Crippen molar-refractivity contribution in [2.45, 2.75) is 25.0 Å². The minimum absolute atomic E-state index is 0.0859. The Balaban J connectivity index is 1.66. The fourth-order valence-corrected chi connectivity index (χ4v) is 5.29. The Labute approximate surface area is 187 Å². The number of hydrogen-bond acceptors (Lipinski definition) is 5. The maximum Gasteiger partial charge on any atom is 0.258 e. The van der Waals surface area contributed by atoms with Gasteiger partial charge in [0.05, 0.1) is 12.0 Å². The molecule has 3 heterocycles. The van der Waals surface area contributed by atoms with Gasteiger partial charge in [0, 0.05) is 42.9 Å². The van der Waals surface area contributed by atoms with Crippen molar-refractivity contribution >= 4 is 5.91 Å². The summed E-state index contributed by atoms with van der Waals surface area (Å²) in [6.07, 6.45) is 0.840. The van der Waals surface area contributed by atoms with Crippen LogP contribution in [0, 0.1) is 17.7 Å². The Bertz CT molecular complexity index is 1050. The van der Waals surface area contributed by atoms with Gasteiger partial charge in [-0.15, -0.1) is 0 Å². The molecule has 1 amide bonds. The second-order valence-corrected chi connectivity index (χ2v) is 9.10. The maximum absolute atomic E-state index is 13.7. The summed E-state index contributed by atoms with van der Waals surface area (Å²) in [7, 11) is 5.93. The van der Waals surface area contributed by atoms with Crippen molar-refractivity contribution in [2.24, 2.45) is 11.8 Å². The third-order valence-corrected chi connectivity index (χ3v) is 6.87. The van der Waals surface area contributed by atoms with E-state index in [-0.39, 0.29) is 36.1 Å². The van der Waals surface area contributed by atoms with Gasteiger partial charge in [-0.2, -0.15) is 0 Å². The predicted molar refractivity (Wildman–Crippen MR) is 121 cm³/mol. The summed E-state index contributed by atoms with van der Waals surface area (Å²) in [6, 6.07) is 9.17. The van der Waals surface area contributed by atoms with Crippen LogP contribution in [0.1, 0.15) is 18.2 Å². The lowest BCUT2D eigenvalue weighted by molar-refractivity contribution is -0.127. The average Bonchev–Trinajstić information content (AvgIpc) is 2.93. The highest BCUT2D eigenvalue weighted by molar-refractivity contribution is 5.80. The monoisotopic (exact) mass is 442 g/mol. The van der Waals surface area contributed by atoms with Crippen LogP contribution < -0.4 is 10.9 Å². The number of pyridine rings is 1. The van der Waals surface area contributed by atoms with E-state index in [4.69, 9.17) is 0 Å². The van der Waals surface area contributed by atoms with Crippen LogP contribution in [0.2, 0.25) is 0 Å². The van der Waals surface area contributed by atoms with Crippen LogP contribution >= 0.6 is 0 Å². The molecule has 0 spiro atoms. The number of likely N-dealkylation sites (N-methyl/N-ethyl adjacent to an activating group) is 1. The number of nitrogens with zero attached hydrogens (tertiary/aromatic N) is 3. The summed E-state index contributed by atoms with van der Waals surface area (Å²) in [5.41, 5.74) is 1.53.